The molecule has 0 spiro atoms. The summed E-state index contributed by atoms with van der Waals surface area (Å²) >= 11 is 13.1. The first-order valence-electron chi connectivity index (χ1n) is 6.23. The Morgan fingerprint density at radius 2 is 1.91 bits per heavy atom. The lowest BCUT2D eigenvalue weighted by Gasteiger charge is -2.11. The molecule has 0 aliphatic rings. The maximum absolute atomic E-state index is 12.3. The summed E-state index contributed by atoms with van der Waals surface area (Å²) in [6.07, 6.45) is 3.29. The zero-order chi connectivity index (χ0) is 17.0. The molecule has 6 nitrogen and oxygen atoms in total. The Kier molecular flexibility index (Phi) is 5.96. The van der Waals surface area contributed by atoms with Gasteiger partial charge in [0.05, 0.1) is 19.1 Å². The van der Waals surface area contributed by atoms with Crippen molar-refractivity contribution in [3.8, 4) is 5.88 Å². The molecule has 0 saturated heterocycles. The smallest absolute Gasteiger partial charge is 0.259 e. The summed E-state index contributed by atoms with van der Waals surface area (Å²) in [5.41, 5.74) is 0.461. The van der Waals surface area contributed by atoms with Gasteiger partial charge in [-0.3, -0.25) is 4.72 Å². The largest absolute Gasteiger partial charge is 0.478 e. The van der Waals surface area contributed by atoms with Crippen molar-refractivity contribution in [2.24, 2.45) is 0 Å². The monoisotopic (exact) mass is 393 g/mol. The van der Waals surface area contributed by atoms with E-state index >= 15 is 0 Å². The molecule has 2 rings (SSSR count). The predicted octanol–water partition coefficient (Wildman–Crippen LogP) is 3.46. The number of thioether (sulfide) groups is 1. The number of halogens is 2. The standard InChI is InChI=1S/C13H13Cl2N3O3S2/c1-21-13-12(16-6-11(17-13)22-2)18-23(19,20)7-8-3-9(14)5-10(15)4-8/h3-6H,7H2,1-2H3,(H,16,18). The number of benzene rings is 1. The number of nitrogens with zero attached hydrogens (tertiary/aromatic N) is 2. The maximum atomic E-state index is 12.3. The average molecular weight is 394 g/mol. The van der Waals surface area contributed by atoms with E-state index in [-0.39, 0.29) is 17.5 Å². The summed E-state index contributed by atoms with van der Waals surface area (Å²) in [6.45, 7) is 0. The summed E-state index contributed by atoms with van der Waals surface area (Å²) in [4.78, 5) is 8.17. The molecule has 0 fully saturated rings. The number of rotatable bonds is 6. The van der Waals surface area contributed by atoms with Gasteiger partial charge in [-0.25, -0.2) is 18.4 Å². The Morgan fingerprint density at radius 1 is 1.26 bits per heavy atom. The number of hydrogen-bond donors (Lipinski definition) is 1. The predicted molar refractivity (Wildman–Crippen MR) is 93.1 cm³/mol. The van der Waals surface area contributed by atoms with Crippen LogP contribution in [-0.2, 0) is 15.8 Å². The molecule has 0 aliphatic carbocycles. The van der Waals surface area contributed by atoms with Crippen molar-refractivity contribution in [3.05, 3.63) is 40.0 Å². The number of methoxy groups -OCH3 is 1. The lowest BCUT2D eigenvalue weighted by atomic mass is 10.2. The molecule has 0 unspecified atom stereocenters. The van der Waals surface area contributed by atoms with Crippen LogP contribution in [-0.4, -0.2) is 31.8 Å². The van der Waals surface area contributed by atoms with Crippen molar-refractivity contribution >= 4 is 50.8 Å². The molecule has 0 amide bonds. The second-order valence-electron chi connectivity index (χ2n) is 4.41. The van der Waals surface area contributed by atoms with Gasteiger partial charge in [0.25, 0.3) is 5.88 Å². The summed E-state index contributed by atoms with van der Waals surface area (Å²) in [5, 5.41) is 1.35. The fourth-order valence-electron chi connectivity index (χ4n) is 1.76. The molecule has 1 aromatic heterocycles. The van der Waals surface area contributed by atoms with E-state index in [1.54, 1.807) is 0 Å². The fourth-order valence-corrected chi connectivity index (χ4v) is 3.78. The second-order valence-corrected chi connectivity index (χ2v) is 7.83. The van der Waals surface area contributed by atoms with Gasteiger partial charge in [-0.1, -0.05) is 23.2 Å². The third kappa shape index (κ3) is 5.13. The van der Waals surface area contributed by atoms with E-state index in [9.17, 15) is 8.42 Å². The van der Waals surface area contributed by atoms with Gasteiger partial charge in [0, 0.05) is 10.0 Å². The number of aromatic nitrogens is 2. The van der Waals surface area contributed by atoms with Crippen molar-refractivity contribution in [2.75, 3.05) is 18.1 Å². The van der Waals surface area contributed by atoms with E-state index in [0.29, 0.717) is 20.6 Å². The minimum atomic E-state index is -3.73. The summed E-state index contributed by atoms with van der Waals surface area (Å²) in [5.74, 6) is -0.175. The Labute approximate surface area is 148 Å². The van der Waals surface area contributed by atoms with Crippen molar-refractivity contribution in [3.63, 3.8) is 0 Å². The van der Waals surface area contributed by atoms with Crippen LogP contribution in [0.3, 0.4) is 0 Å². The molecule has 1 N–H and O–H groups in total. The minimum absolute atomic E-state index is 0.0263. The first-order chi connectivity index (χ1) is 10.8. The normalized spacial score (nSPS) is 11.3. The van der Waals surface area contributed by atoms with Gasteiger partial charge >= 0.3 is 0 Å². The van der Waals surface area contributed by atoms with Crippen LogP contribution in [0, 0.1) is 0 Å². The second kappa shape index (κ2) is 7.57. The van der Waals surface area contributed by atoms with Crippen LogP contribution in [0.4, 0.5) is 5.82 Å². The molecule has 124 valence electrons. The molecule has 2 aromatic rings. The highest BCUT2D eigenvalue weighted by atomic mass is 35.5. The third-order valence-electron chi connectivity index (χ3n) is 2.65. The summed E-state index contributed by atoms with van der Waals surface area (Å²) < 4.78 is 32.0. The number of nitrogens with one attached hydrogen (secondary N) is 1. The van der Waals surface area contributed by atoms with Crippen LogP contribution in [0.25, 0.3) is 0 Å². The van der Waals surface area contributed by atoms with Crippen LogP contribution >= 0.6 is 35.0 Å². The SMILES string of the molecule is COc1nc(SC)cnc1NS(=O)(=O)Cc1cc(Cl)cc(Cl)c1. The number of anilines is 1. The summed E-state index contributed by atoms with van der Waals surface area (Å²) in [7, 11) is -2.34. The quantitative estimate of drug-likeness (QED) is 0.756. The van der Waals surface area contributed by atoms with Gasteiger partial charge in [-0.15, -0.1) is 11.8 Å². The first kappa shape index (κ1) is 18.1. The zero-order valence-corrected chi connectivity index (χ0v) is 15.4. The lowest BCUT2D eigenvalue weighted by Crippen LogP contribution is -2.17. The third-order valence-corrected chi connectivity index (χ3v) is 4.92. The molecular formula is C13H13Cl2N3O3S2. The van der Waals surface area contributed by atoms with Gasteiger partial charge in [0.2, 0.25) is 15.8 Å². The lowest BCUT2D eigenvalue weighted by molar-refractivity contribution is 0.394. The molecule has 0 aliphatic heterocycles. The van der Waals surface area contributed by atoms with Crippen molar-refractivity contribution in [1.29, 1.82) is 0 Å². The van der Waals surface area contributed by atoms with Crippen LogP contribution in [0.5, 0.6) is 5.88 Å². The van der Waals surface area contributed by atoms with Crippen molar-refractivity contribution in [1.82, 2.24) is 9.97 Å². The molecule has 0 bridgehead atoms. The minimum Gasteiger partial charge on any atom is -0.478 e. The zero-order valence-electron chi connectivity index (χ0n) is 12.2. The van der Waals surface area contributed by atoms with Crippen LogP contribution in [0.2, 0.25) is 10.0 Å². The highest BCUT2D eigenvalue weighted by molar-refractivity contribution is 7.98. The molecule has 23 heavy (non-hydrogen) atoms. The molecule has 1 aromatic carbocycles. The molecule has 0 saturated carbocycles. The van der Waals surface area contributed by atoms with E-state index in [0.717, 1.165) is 0 Å². The van der Waals surface area contributed by atoms with Gasteiger partial charge in [0.15, 0.2) is 0 Å². The Balaban J connectivity index is 2.24. The van der Waals surface area contributed by atoms with E-state index in [4.69, 9.17) is 27.9 Å². The maximum Gasteiger partial charge on any atom is 0.259 e. The molecule has 1 heterocycles. The van der Waals surface area contributed by atoms with Crippen LogP contribution in [0.1, 0.15) is 5.56 Å². The molecule has 0 radical (unpaired) electrons. The number of hydrogen-bond acceptors (Lipinski definition) is 6. The topological polar surface area (TPSA) is 81.2 Å². The van der Waals surface area contributed by atoms with Crippen molar-refractivity contribution in [2.45, 2.75) is 10.8 Å². The molecular weight excluding hydrogens is 381 g/mol. The average Bonchev–Trinajstić information content (AvgIpc) is 2.45. The Hall–Kier alpha value is -1.22. The van der Waals surface area contributed by atoms with E-state index in [2.05, 4.69) is 14.7 Å². The van der Waals surface area contributed by atoms with Gasteiger partial charge in [-0.05, 0) is 30.0 Å². The van der Waals surface area contributed by atoms with E-state index < -0.39 is 10.0 Å². The fraction of sp³-hybridized carbons (Fsp3) is 0.231. The molecule has 0 atom stereocenters. The van der Waals surface area contributed by atoms with E-state index in [1.807, 2.05) is 6.26 Å². The number of sulfonamides is 1. The summed E-state index contributed by atoms with van der Waals surface area (Å²) in [6, 6.07) is 4.60. The Bertz CT molecular complexity index is 796. The van der Waals surface area contributed by atoms with E-state index in [1.165, 1.54) is 43.3 Å². The Morgan fingerprint density at radius 3 is 2.48 bits per heavy atom. The molecule has 10 heteroatoms. The van der Waals surface area contributed by atoms with Gasteiger partial charge < -0.3 is 4.74 Å². The van der Waals surface area contributed by atoms with Crippen molar-refractivity contribution < 1.29 is 13.2 Å². The van der Waals surface area contributed by atoms with Crippen LogP contribution in [0.15, 0.2) is 29.4 Å². The highest BCUT2D eigenvalue weighted by Gasteiger charge is 2.17. The van der Waals surface area contributed by atoms with Crippen LogP contribution < -0.4 is 9.46 Å². The number of ether oxygens (including phenoxy) is 1. The first-order valence-corrected chi connectivity index (χ1v) is 9.87. The van der Waals surface area contributed by atoms with Gasteiger partial charge in [0.1, 0.15) is 5.03 Å². The van der Waals surface area contributed by atoms with Gasteiger partial charge in [-0.2, -0.15) is 0 Å². The highest BCUT2D eigenvalue weighted by Crippen LogP contribution is 2.25.